The fraction of sp³-hybridized carbons (Fsp3) is 0.438. The van der Waals surface area contributed by atoms with Gasteiger partial charge in [0.15, 0.2) is 5.11 Å². The van der Waals surface area contributed by atoms with Gasteiger partial charge in [0.25, 0.3) is 0 Å². The molecule has 13 heteroatoms. The van der Waals surface area contributed by atoms with Crippen LogP contribution in [0, 0.1) is 0 Å². The van der Waals surface area contributed by atoms with Gasteiger partial charge in [0.1, 0.15) is 0 Å². The number of halogens is 6. The molecule has 1 aliphatic rings. The van der Waals surface area contributed by atoms with Crippen LogP contribution >= 0.6 is 12.2 Å². The molecular formula is C16H17F6N3O2S2. The average Bonchev–Trinajstić information content (AvgIpc) is 2.64. The molecule has 1 N–H and O–H groups in total. The molecule has 0 bridgehead atoms. The number of hydrogen-bond acceptors (Lipinski definition) is 3. The van der Waals surface area contributed by atoms with Gasteiger partial charge in [-0.05, 0) is 30.4 Å². The number of nitrogens with one attached hydrogen (secondary N) is 1. The van der Waals surface area contributed by atoms with Gasteiger partial charge in [0, 0.05) is 32.7 Å². The number of piperazine rings is 1. The zero-order chi connectivity index (χ0) is 22.0. The number of sulfonamides is 1. The van der Waals surface area contributed by atoms with Crippen molar-refractivity contribution in [2.75, 3.05) is 32.7 Å². The Morgan fingerprint density at radius 2 is 1.52 bits per heavy atom. The van der Waals surface area contributed by atoms with Crippen molar-refractivity contribution in [2.24, 2.45) is 0 Å². The van der Waals surface area contributed by atoms with Crippen LogP contribution in [0.5, 0.6) is 0 Å². The molecule has 1 aromatic carbocycles. The first-order valence-electron chi connectivity index (χ1n) is 8.20. The van der Waals surface area contributed by atoms with Crippen LogP contribution in [0.3, 0.4) is 0 Å². The summed E-state index contributed by atoms with van der Waals surface area (Å²) in [6.45, 7) is 3.89. The lowest BCUT2D eigenvalue weighted by molar-refractivity contribution is -0.143. The Kier molecular flexibility index (Phi) is 6.85. The molecule has 0 saturated carbocycles. The summed E-state index contributed by atoms with van der Waals surface area (Å²) >= 11 is 5.13. The molecule has 0 aliphatic carbocycles. The molecule has 1 aromatic rings. The maximum absolute atomic E-state index is 13.0. The quantitative estimate of drug-likeness (QED) is 0.424. The molecule has 1 heterocycles. The van der Waals surface area contributed by atoms with Crippen molar-refractivity contribution in [3.05, 3.63) is 42.0 Å². The van der Waals surface area contributed by atoms with Gasteiger partial charge in [0.2, 0.25) is 10.0 Å². The molecule has 0 atom stereocenters. The van der Waals surface area contributed by atoms with Gasteiger partial charge in [0.05, 0.1) is 16.0 Å². The Morgan fingerprint density at radius 3 is 1.93 bits per heavy atom. The molecule has 29 heavy (non-hydrogen) atoms. The summed E-state index contributed by atoms with van der Waals surface area (Å²) in [6, 6.07) is 0.321. The Morgan fingerprint density at radius 1 is 1.03 bits per heavy atom. The molecule has 0 amide bonds. The monoisotopic (exact) mass is 461 g/mol. The number of thiocarbonyl (C=S) groups is 1. The highest BCUT2D eigenvalue weighted by molar-refractivity contribution is 7.89. The minimum atomic E-state index is -5.13. The van der Waals surface area contributed by atoms with Gasteiger partial charge in [-0.25, -0.2) is 8.42 Å². The van der Waals surface area contributed by atoms with Crippen LogP contribution in [-0.4, -0.2) is 55.5 Å². The third-order valence-corrected chi connectivity index (χ3v) is 6.40. The Balaban J connectivity index is 2.30. The van der Waals surface area contributed by atoms with Gasteiger partial charge in [-0.3, -0.25) is 0 Å². The zero-order valence-corrected chi connectivity index (χ0v) is 16.5. The van der Waals surface area contributed by atoms with E-state index in [0.717, 1.165) is 4.31 Å². The van der Waals surface area contributed by atoms with Crippen molar-refractivity contribution in [3.63, 3.8) is 0 Å². The highest BCUT2D eigenvalue weighted by Gasteiger charge is 2.39. The standard InChI is InChI=1S/C16H17F6N3O2S2/c1-2-3-23-14(28)24-4-6-25(7-5-24)29(26,27)13-9-11(15(17,18)19)8-12(10-13)16(20,21)22/h2,8-10H,1,3-7H2,(H,23,28). The number of alkyl halides is 6. The number of hydrogen-bond donors (Lipinski definition) is 1. The largest absolute Gasteiger partial charge is 0.416 e. The van der Waals surface area contributed by atoms with Crippen molar-refractivity contribution >= 4 is 27.4 Å². The summed E-state index contributed by atoms with van der Waals surface area (Å²) in [7, 11) is -4.57. The predicted molar refractivity (Wildman–Crippen MR) is 97.6 cm³/mol. The van der Waals surface area contributed by atoms with Gasteiger partial charge >= 0.3 is 12.4 Å². The first kappa shape index (κ1) is 23.4. The second-order valence-corrected chi connectivity index (χ2v) is 8.43. The lowest BCUT2D eigenvalue weighted by Crippen LogP contribution is -2.53. The molecule has 2 rings (SSSR count). The molecule has 162 valence electrons. The number of rotatable bonds is 4. The molecule has 0 radical (unpaired) electrons. The second-order valence-electron chi connectivity index (χ2n) is 6.11. The van der Waals surface area contributed by atoms with Crippen LogP contribution in [0.2, 0.25) is 0 Å². The van der Waals surface area contributed by atoms with E-state index >= 15 is 0 Å². The molecule has 1 aliphatic heterocycles. The number of nitrogens with zero attached hydrogens (tertiary/aromatic N) is 2. The van der Waals surface area contributed by atoms with Crippen LogP contribution in [0.4, 0.5) is 26.3 Å². The van der Waals surface area contributed by atoms with Gasteiger partial charge < -0.3 is 10.2 Å². The normalized spacial score (nSPS) is 16.6. The topological polar surface area (TPSA) is 52.6 Å². The highest BCUT2D eigenvalue weighted by Crippen LogP contribution is 2.37. The summed E-state index contributed by atoms with van der Waals surface area (Å²) in [4.78, 5) is 0.596. The van der Waals surface area contributed by atoms with Crippen molar-refractivity contribution in [1.82, 2.24) is 14.5 Å². The molecule has 5 nitrogen and oxygen atoms in total. The molecule has 0 spiro atoms. The molecular weight excluding hydrogens is 444 g/mol. The minimum Gasteiger partial charge on any atom is -0.359 e. The minimum absolute atomic E-state index is 0.110. The summed E-state index contributed by atoms with van der Waals surface area (Å²) < 4.78 is 104. The van der Waals surface area contributed by atoms with Crippen LogP contribution < -0.4 is 5.32 Å². The third kappa shape index (κ3) is 5.60. The van der Waals surface area contributed by atoms with Crippen LogP contribution in [0.25, 0.3) is 0 Å². The predicted octanol–water partition coefficient (Wildman–Crippen LogP) is 3.09. The Bertz CT molecular complexity index is 843. The van der Waals surface area contributed by atoms with Crippen molar-refractivity contribution in [2.45, 2.75) is 17.2 Å². The smallest absolute Gasteiger partial charge is 0.359 e. The molecule has 1 saturated heterocycles. The Hall–Kier alpha value is -1.86. The van der Waals surface area contributed by atoms with Crippen molar-refractivity contribution in [3.8, 4) is 0 Å². The molecule has 0 unspecified atom stereocenters. The first-order valence-corrected chi connectivity index (χ1v) is 10.0. The molecule has 0 aromatic heterocycles. The van der Waals surface area contributed by atoms with Gasteiger partial charge in [-0.15, -0.1) is 6.58 Å². The van der Waals surface area contributed by atoms with E-state index in [1.807, 2.05) is 0 Å². The lowest BCUT2D eigenvalue weighted by Gasteiger charge is -2.35. The van der Waals surface area contributed by atoms with E-state index in [1.165, 1.54) is 0 Å². The van der Waals surface area contributed by atoms with Crippen molar-refractivity contribution in [1.29, 1.82) is 0 Å². The third-order valence-electron chi connectivity index (χ3n) is 4.12. The SMILES string of the molecule is C=CCNC(=S)N1CCN(S(=O)(=O)c2cc(C(F)(F)F)cc(C(F)(F)F)c2)CC1. The van der Waals surface area contributed by atoms with Gasteiger partial charge in [-0.1, -0.05) is 6.08 Å². The Labute approximate surface area is 169 Å². The van der Waals surface area contributed by atoms with E-state index in [4.69, 9.17) is 12.2 Å². The average molecular weight is 461 g/mol. The van der Waals surface area contributed by atoms with E-state index in [1.54, 1.807) is 11.0 Å². The maximum Gasteiger partial charge on any atom is 0.416 e. The van der Waals surface area contributed by atoms with Crippen LogP contribution in [-0.2, 0) is 22.4 Å². The number of benzene rings is 1. The van der Waals surface area contributed by atoms with E-state index in [-0.39, 0.29) is 44.4 Å². The summed E-state index contributed by atoms with van der Waals surface area (Å²) in [5, 5.41) is 3.20. The van der Waals surface area contributed by atoms with E-state index < -0.39 is 38.4 Å². The summed E-state index contributed by atoms with van der Waals surface area (Å²) in [5.74, 6) is 0. The fourth-order valence-electron chi connectivity index (χ4n) is 2.63. The van der Waals surface area contributed by atoms with Crippen LogP contribution in [0.1, 0.15) is 11.1 Å². The van der Waals surface area contributed by atoms with Gasteiger partial charge in [-0.2, -0.15) is 30.6 Å². The second kappa shape index (κ2) is 8.48. The van der Waals surface area contributed by atoms with E-state index in [2.05, 4.69) is 11.9 Å². The first-order chi connectivity index (χ1) is 13.3. The van der Waals surface area contributed by atoms with Crippen LogP contribution in [0.15, 0.2) is 35.7 Å². The van der Waals surface area contributed by atoms with E-state index in [0.29, 0.717) is 11.7 Å². The highest BCUT2D eigenvalue weighted by atomic mass is 32.2. The summed E-state index contributed by atoms with van der Waals surface area (Å²) in [6.07, 6.45) is -8.70. The summed E-state index contributed by atoms with van der Waals surface area (Å²) in [5.41, 5.74) is -3.36. The van der Waals surface area contributed by atoms with Crippen molar-refractivity contribution < 1.29 is 34.8 Å². The molecule has 1 fully saturated rings. The van der Waals surface area contributed by atoms with E-state index in [9.17, 15) is 34.8 Å². The maximum atomic E-state index is 13.0. The zero-order valence-electron chi connectivity index (χ0n) is 14.8. The lowest BCUT2D eigenvalue weighted by atomic mass is 10.1. The fourth-order valence-corrected chi connectivity index (χ4v) is 4.39.